The fraction of sp³-hybridized carbons (Fsp3) is 0.292. The fourth-order valence-corrected chi connectivity index (χ4v) is 22.6. The van der Waals surface area contributed by atoms with E-state index in [0.717, 1.165) is 79.9 Å². The Morgan fingerprint density at radius 1 is 0.407 bits per heavy atom. The van der Waals surface area contributed by atoms with Crippen LogP contribution in [-0.4, -0.2) is 23.2 Å². The van der Waals surface area contributed by atoms with Gasteiger partial charge in [0.25, 0.3) is 5.70 Å². The Morgan fingerprint density at radius 3 is 1.05 bits per heavy atom. The molecule has 15 rings (SSSR count). The average molecular weight is 1620 g/mol. The number of Topliss-reactive ketones (excluding diaryl/α,β-unsaturated/α-hetero) is 2. The lowest BCUT2D eigenvalue weighted by Gasteiger charge is -2.36. The molecule has 0 spiro atoms. The number of hydrogen-bond acceptors (Lipinski definition) is 9. The van der Waals surface area contributed by atoms with E-state index in [1.165, 1.54) is 165 Å². The van der Waals surface area contributed by atoms with Crippen molar-refractivity contribution in [2.45, 2.75) is 167 Å². The van der Waals surface area contributed by atoms with Crippen molar-refractivity contribution >= 4 is 131 Å². The van der Waals surface area contributed by atoms with Gasteiger partial charge in [0.2, 0.25) is 0 Å². The Labute approximate surface area is 670 Å². The number of nitrogens with zero attached hydrogens (tertiary/aromatic N) is 4. The number of carbonyl (C=O) groups is 2. The molecule has 4 aromatic heterocycles. The molecule has 7 aromatic carbocycles. The van der Waals surface area contributed by atoms with Crippen molar-refractivity contribution in [3.05, 3.63) is 302 Å². The number of carbonyl (C=O) groups excluding carboxylic acids is 2. The molecule has 0 amide bonds. The summed E-state index contributed by atoms with van der Waals surface area (Å²) in [4.78, 5) is 37.2. The van der Waals surface area contributed by atoms with Gasteiger partial charge in [-0.15, -0.1) is 45.3 Å². The highest BCUT2D eigenvalue weighted by atomic mass is 79.9. The molecule has 0 aliphatic heterocycles. The van der Waals surface area contributed by atoms with Crippen LogP contribution in [0.3, 0.4) is 0 Å². The van der Waals surface area contributed by atoms with Gasteiger partial charge in [0.1, 0.15) is 17.7 Å². The molecule has 0 atom stereocenters. The van der Waals surface area contributed by atoms with Crippen LogP contribution in [0.4, 0.5) is 0 Å². The lowest BCUT2D eigenvalue weighted by molar-refractivity contribution is 0.103. The minimum Gasteiger partial charge on any atom is -0.289 e. The van der Waals surface area contributed by atoms with Gasteiger partial charge in [-0.05, 0) is 177 Å². The van der Waals surface area contributed by atoms with Crippen molar-refractivity contribution in [2.75, 3.05) is 11.7 Å². The van der Waals surface area contributed by atoms with Crippen molar-refractivity contribution in [2.24, 2.45) is 0 Å². The Balaban J connectivity index is 0.00000253. The summed E-state index contributed by atoms with van der Waals surface area (Å²) in [6.07, 6.45) is 26.7. The summed E-state index contributed by atoms with van der Waals surface area (Å²) in [5, 5.41) is 31.3. The topological polar surface area (TPSA) is 110 Å². The third-order valence-corrected chi connectivity index (χ3v) is 27.0. The highest BCUT2D eigenvalue weighted by Crippen LogP contribution is 2.68. The van der Waals surface area contributed by atoms with Crippen LogP contribution in [0.2, 0.25) is 0 Å². The molecule has 542 valence electrons. The van der Waals surface area contributed by atoms with Gasteiger partial charge in [0.05, 0.1) is 32.9 Å². The van der Waals surface area contributed by atoms with Crippen LogP contribution in [0.25, 0.3) is 67.8 Å². The lowest BCUT2D eigenvalue weighted by atomic mass is 9.65. The minimum atomic E-state index is -0.837. The lowest BCUT2D eigenvalue weighted by Crippen LogP contribution is -2.30. The molecule has 4 aliphatic carbocycles. The minimum absolute atomic E-state index is 0.0794. The Bertz CT molecular complexity index is 5040. The first kappa shape index (κ1) is 77.2. The second-order valence-electron chi connectivity index (χ2n) is 28.6. The summed E-state index contributed by atoms with van der Waals surface area (Å²) in [6, 6.07) is 69.2. The first-order chi connectivity index (χ1) is 53.1. The van der Waals surface area contributed by atoms with E-state index in [1.54, 1.807) is 34.8 Å². The molecule has 0 radical (unpaired) electrons. The van der Waals surface area contributed by atoms with E-state index >= 15 is 0 Å². The van der Waals surface area contributed by atoms with E-state index in [4.69, 9.17) is 6.57 Å². The van der Waals surface area contributed by atoms with Crippen LogP contribution in [-0.2, 0) is 36.5 Å². The molecule has 0 bridgehead atoms. The molecule has 12 heteroatoms. The molecule has 0 fully saturated rings. The van der Waals surface area contributed by atoms with Gasteiger partial charge in [0, 0.05) is 73.5 Å². The number of nitriles is 3. The first-order valence-electron chi connectivity index (χ1n) is 38.3. The Morgan fingerprint density at radius 2 is 0.731 bits per heavy atom. The maximum Gasteiger partial charge on any atom is 0.270 e. The summed E-state index contributed by atoms with van der Waals surface area (Å²) in [5.74, 6) is 3.25. The van der Waals surface area contributed by atoms with Crippen LogP contribution in [0, 0.1) is 40.6 Å². The Kier molecular flexibility index (Phi) is 24.9. The van der Waals surface area contributed by atoms with Crippen molar-refractivity contribution < 1.29 is 9.59 Å². The predicted molar refractivity (Wildman–Crippen MR) is 463 cm³/mol. The molecular weight excluding hydrogens is 1530 g/mol. The average Bonchev–Trinajstić information content (AvgIpc) is 1.49. The number of aryl methyl sites for hydroxylation is 4. The smallest absolute Gasteiger partial charge is 0.270 e. The third kappa shape index (κ3) is 14.0. The molecule has 11 aromatic rings. The normalized spacial score (nSPS) is 14.9. The largest absolute Gasteiger partial charge is 0.289 e. The van der Waals surface area contributed by atoms with Gasteiger partial charge >= 0.3 is 0 Å². The second-order valence-corrected chi connectivity index (χ2v) is 32.8. The third-order valence-electron chi connectivity index (χ3n) is 22.2. The number of hydrogen-bond donors (Lipinski definition) is 0. The second kappa shape index (κ2) is 34.8. The fourth-order valence-electron chi connectivity index (χ4n) is 17.1. The van der Waals surface area contributed by atoms with E-state index < -0.39 is 10.8 Å². The number of ketones is 2. The molecule has 0 unspecified atom stereocenters. The summed E-state index contributed by atoms with van der Waals surface area (Å²) < 4.78 is 4.50. The van der Waals surface area contributed by atoms with Crippen LogP contribution >= 0.6 is 77.2 Å². The molecule has 0 saturated carbocycles. The van der Waals surface area contributed by atoms with Crippen molar-refractivity contribution in [3.8, 4) is 39.1 Å². The zero-order valence-corrected chi connectivity index (χ0v) is 68.9. The highest BCUT2D eigenvalue weighted by Gasteiger charge is 2.55. The zero-order valence-electron chi connectivity index (χ0n) is 62.5. The molecule has 6 nitrogen and oxygen atoms in total. The zero-order chi connectivity index (χ0) is 75.6. The molecule has 0 N–H and O–H groups in total. The summed E-state index contributed by atoms with van der Waals surface area (Å²) in [7, 11) is 0. The number of thiophene rings is 4. The van der Waals surface area contributed by atoms with E-state index in [0.29, 0.717) is 44.5 Å². The summed E-state index contributed by atoms with van der Waals surface area (Å²) >= 11 is 12.9. The number of allylic oxidation sites excluding steroid dienone is 6. The van der Waals surface area contributed by atoms with Gasteiger partial charge in [0.15, 0.2) is 11.6 Å². The number of rotatable bonds is 26. The van der Waals surface area contributed by atoms with Gasteiger partial charge in [-0.25, -0.2) is 10.1 Å². The van der Waals surface area contributed by atoms with E-state index in [2.05, 4.69) is 204 Å². The molecule has 0 saturated heterocycles. The number of halogens is 2. The molecule has 108 heavy (non-hydrogen) atoms. The van der Waals surface area contributed by atoms with Gasteiger partial charge in [-0.3, -0.25) is 9.59 Å². The van der Waals surface area contributed by atoms with Gasteiger partial charge < -0.3 is 0 Å². The van der Waals surface area contributed by atoms with E-state index in [9.17, 15) is 25.4 Å². The van der Waals surface area contributed by atoms with Gasteiger partial charge in [-0.1, -0.05) is 282 Å². The summed E-state index contributed by atoms with van der Waals surface area (Å²) in [6.45, 7) is 17.2. The number of fused-ring (bicyclic) bond motifs is 12. The van der Waals surface area contributed by atoms with Crippen LogP contribution < -0.4 is 0 Å². The van der Waals surface area contributed by atoms with Crippen molar-refractivity contribution in [1.29, 1.82) is 15.8 Å². The maximum absolute atomic E-state index is 14.7. The molecule has 4 aliphatic rings. The Hall–Kier alpha value is -8.92. The monoisotopic (exact) mass is 1610 g/mol. The summed E-state index contributed by atoms with van der Waals surface area (Å²) in [5.41, 5.74) is 19.2. The quantitative estimate of drug-likeness (QED) is 0.0176. The van der Waals surface area contributed by atoms with E-state index in [1.807, 2.05) is 82.9 Å². The maximum atomic E-state index is 14.7. The number of alkyl halides is 2. The van der Waals surface area contributed by atoms with E-state index in [-0.39, 0.29) is 22.8 Å². The number of unbranched alkanes of at least 4 members (excludes halogenated alkanes) is 12. The van der Waals surface area contributed by atoms with Crippen LogP contribution in [0.15, 0.2) is 192 Å². The van der Waals surface area contributed by atoms with Crippen LogP contribution in [0.5, 0.6) is 0 Å². The standard InChI is InChI=1S/C94H82N4O2S4.2CH3Br/c1-6-10-14-18-26-59-34-42-64(43-35-59)93(65-44-36-60(37-45-65)27-19-15-11-7-2)78-55-75-79(54-74(78)89-85(93)91-81(103-89)52-68(101-91)50-76-83(63(56-95)57-96)70-30-22-24-32-72(70)87(76)99)94(66-46-38-61(39-47-66)28-20-16-12-8-3,67-48-40-62(41-49-67)29-21-17-13-9-4)86-90(75)104-82-53-69(102-92(82)86)51-77-84(80(58-97)98-5)71-31-23-25-33-73(71)88(77)100;2*1-2/h22-25,30-55H,6-21,26-29H2,1-4H3;2*1H3/b76-50+,77-51+,84-80?;;. The SMILES string of the molecule is CBr.CBr.[C-]#[N+]C(C#N)=C1/C(=C\c2cc3sc4c(c3s2)C(c2ccc(CCCCCC)cc2)(c2ccc(CCCCCC)cc2)c2cc3c(cc2-4)C(c2ccc(CCCCCC)cc2)(c2ccc(CCCCCC)cc2)c2c-3sc3cc(/C=C4/C(=O)c5ccccc5C4=C(C#N)C#N)sc23)C(=O)c2ccccc21. The van der Waals surface area contributed by atoms with Crippen molar-refractivity contribution in [1.82, 2.24) is 0 Å². The highest BCUT2D eigenvalue weighted by molar-refractivity contribution is 9.09. The van der Waals surface area contributed by atoms with Crippen LogP contribution in [0.1, 0.15) is 239 Å². The van der Waals surface area contributed by atoms with Gasteiger partial charge in [-0.2, -0.15) is 10.5 Å². The predicted octanol–water partition coefficient (Wildman–Crippen LogP) is 28.0. The first-order valence-corrected chi connectivity index (χ1v) is 44.8. The number of benzene rings is 7. The molecular formula is C96H88Br2N4O2S4. The molecule has 4 heterocycles. The van der Waals surface area contributed by atoms with Crippen molar-refractivity contribution in [3.63, 3.8) is 0 Å².